The van der Waals surface area contributed by atoms with E-state index in [1.165, 1.54) is 11.3 Å². The van der Waals surface area contributed by atoms with Crippen LogP contribution in [0.25, 0.3) is 16.3 Å². The Morgan fingerprint density at radius 3 is 2.50 bits per heavy atom. The highest BCUT2D eigenvalue weighted by molar-refractivity contribution is 7.93. The minimum absolute atomic E-state index is 0.0795. The van der Waals surface area contributed by atoms with E-state index in [2.05, 4.69) is 4.98 Å². The first-order valence-electron chi connectivity index (χ1n) is 6.95. The highest BCUT2D eigenvalue weighted by Crippen LogP contribution is 2.26. The van der Waals surface area contributed by atoms with Crippen molar-refractivity contribution in [3.05, 3.63) is 66.2 Å². The van der Waals surface area contributed by atoms with Crippen LogP contribution in [-0.2, 0) is 9.84 Å². The molecule has 0 N–H and O–H groups in total. The van der Waals surface area contributed by atoms with Crippen molar-refractivity contribution in [3.8, 4) is 0 Å². The fourth-order valence-corrected chi connectivity index (χ4v) is 4.66. The Labute approximate surface area is 133 Å². The molecule has 1 heterocycles. The number of nitrogens with zero attached hydrogens (tertiary/aromatic N) is 1. The number of thiazole rings is 1. The Kier molecular flexibility index (Phi) is 4.36. The lowest BCUT2D eigenvalue weighted by Crippen LogP contribution is -2.05. The van der Waals surface area contributed by atoms with Crippen LogP contribution in [0.2, 0.25) is 0 Å². The van der Waals surface area contributed by atoms with Gasteiger partial charge in [0.1, 0.15) is 0 Å². The fourth-order valence-electron chi connectivity index (χ4n) is 2.08. The van der Waals surface area contributed by atoms with Crippen LogP contribution in [0.1, 0.15) is 12.0 Å². The number of sulfone groups is 1. The van der Waals surface area contributed by atoms with Crippen molar-refractivity contribution in [2.24, 2.45) is 0 Å². The standard InChI is InChI=1S/C17H15NO2S2/c19-22(20,13-7-6-10-14-8-2-1-3-9-14)17-18-15-11-4-5-12-16(15)21-17/h1-6,8-12H,7,13H2/b10-6+. The lowest BCUT2D eigenvalue weighted by molar-refractivity contribution is 0.595. The highest BCUT2D eigenvalue weighted by atomic mass is 32.2. The maximum atomic E-state index is 12.3. The van der Waals surface area contributed by atoms with Crippen LogP contribution in [0.4, 0.5) is 0 Å². The van der Waals surface area contributed by atoms with Crippen LogP contribution in [0, 0.1) is 0 Å². The molecular weight excluding hydrogens is 314 g/mol. The van der Waals surface area contributed by atoms with Crippen molar-refractivity contribution >= 4 is 37.5 Å². The average molecular weight is 329 g/mol. The lowest BCUT2D eigenvalue weighted by Gasteiger charge is -1.97. The molecule has 2 aromatic carbocycles. The van der Waals surface area contributed by atoms with Crippen LogP contribution in [-0.4, -0.2) is 19.2 Å². The van der Waals surface area contributed by atoms with Gasteiger partial charge in [0.15, 0.2) is 0 Å². The van der Waals surface area contributed by atoms with Crippen molar-refractivity contribution in [2.45, 2.75) is 10.8 Å². The molecule has 0 radical (unpaired) electrons. The number of aromatic nitrogens is 1. The van der Waals surface area contributed by atoms with E-state index in [-0.39, 0.29) is 10.1 Å². The van der Waals surface area contributed by atoms with Crippen LogP contribution >= 0.6 is 11.3 Å². The van der Waals surface area contributed by atoms with Gasteiger partial charge in [-0.1, -0.05) is 54.6 Å². The van der Waals surface area contributed by atoms with Gasteiger partial charge in [0.05, 0.1) is 16.0 Å². The van der Waals surface area contributed by atoms with E-state index in [0.717, 1.165) is 15.8 Å². The smallest absolute Gasteiger partial charge is 0.210 e. The van der Waals surface area contributed by atoms with Crippen molar-refractivity contribution in [1.82, 2.24) is 4.98 Å². The van der Waals surface area contributed by atoms with E-state index in [9.17, 15) is 8.42 Å². The molecule has 0 aliphatic carbocycles. The van der Waals surface area contributed by atoms with Gasteiger partial charge in [0.2, 0.25) is 14.2 Å². The molecule has 0 saturated carbocycles. The summed E-state index contributed by atoms with van der Waals surface area (Å²) in [6.45, 7) is 0. The normalized spacial score (nSPS) is 12.2. The molecule has 0 saturated heterocycles. The van der Waals surface area contributed by atoms with Gasteiger partial charge in [-0.15, -0.1) is 11.3 Å². The molecule has 22 heavy (non-hydrogen) atoms. The molecule has 0 bridgehead atoms. The molecule has 3 aromatic rings. The van der Waals surface area contributed by atoms with Crippen molar-refractivity contribution in [2.75, 3.05) is 5.75 Å². The Morgan fingerprint density at radius 2 is 1.73 bits per heavy atom. The fraction of sp³-hybridized carbons (Fsp3) is 0.118. The predicted octanol–water partition coefficient (Wildman–Crippen LogP) is 4.17. The predicted molar refractivity (Wildman–Crippen MR) is 91.8 cm³/mol. The first-order valence-corrected chi connectivity index (χ1v) is 9.42. The number of rotatable bonds is 5. The molecule has 112 valence electrons. The van der Waals surface area contributed by atoms with E-state index in [1.54, 1.807) is 0 Å². The van der Waals surface area contributed by atoms with E-state index in [1.807, 2.05) is 66.7 Å². The second-order valence-electron chi connectivity index (χ2n) is 4.87. The maximum absolute atomic E-state index is 12.3. The van der Waals surface area contributed by atoms with Gasteiger partial charge in [-0.05, 0) is 24.1 Å². The molecule has 0 spiro atoms. The van der Waals surface area contributed by atoms with Crippen molar-refractivity contribution in [3.63, 3.8) is 0 Å². The second kappa shape index (κ2) is 6.42. The molecule has 0 aliphatic heterocycles. The van der Waals surface area contributed by atoms with Gasteiger partial charge in [0, 0.05) is 0 Å². The zero-order valence-corrected chi connectivity index (χ0v) is 13.5. The molecule has 0 aliphatic rings. The van der Waals surface area contributed by atoms with Gasteiger partial charge in [-0.2, -0.15) is 0 Å². The average Bonchev–Trinajstić information content (AvgIpc) is 2.98. The third kappa shape index (κ3) is 3.43. The van der Waals surface area contributed by atoms with Gasteiger partial charge < -0.3 is 0 Å². The van der Waals surface area contributed by atoms with Crippen LogP contribution < -0.4 is 0 Å². The summed E-state index contributed by atoms with van der Waals surface area (Å²) < 4.78 is 25.8. The first kappa shape index (κ1) is 14.9. The quantitative estimate of drug-likeness (QED) is 0.705. The SMILES string of the molecule is O=S(=O)(CC/C=C/c1ccccc1)c1nc2ccccc2s1. The van der Waals surface area contributed by atoms with Gasteiger partial charge in [-0.3, -0.25) is 0 Å². The highest BCUT2D eigenvalue weighted by Gasteiger charge is 2.18. The topological polar surface area (TPSA) is 47.0 Å². The second-order valence-corrected chi connectivity index (χ2v) is 8.18. The largest absolute Gasteiger partial charge is 0.225 e. The summed E-state index contributed by atoms with van der Waals surface area (Å²) in [5.41, 5.74) is 1.81. The van der Waals surface area contributed by atoms with Crippen LogP contribution in [0.15, 0.2) is 65.0 Å². The molecule has 3 nitrogen and oxygen atoms in total. The number of allylic oxidation sites excluding steroid dienone is 1. The van der Waals surface area contributed by atoms with E-state index < -0.39 is 9.84 Å². The molecule has 5 heteroatoms. The maximum Gasteiger partial charge on any atom is 0.210 e. The van der Waals surface area contributed by atoms with E-state index >= 15 is 0 Å². The van der Waals surface area contributed by atoms with E-state index in [0.29, 0.717) is 6.42 Å². The molecule has 0 atom stereocenters. The summed E-state index contributed by atoms with van der Waals surface area (Å²) in [6, 6.07) is 17.3. The summed E-state index contributed by atoms with van der Waals surface area (Å²) >= 11 is 1.24. The Morgan fingerprint density at radius 1 is 1.00 bits per heavy atom. The van der Waals surface area contributed by atoms with Crippen LogP contribution in [0.5, 0.6) is 0 Å². The number of hydrogen-bond acceptors (Lipinski definition) is 4. The summed E-state index contributed by atoms with van der Waals surface area (Å²) in [7, 11) is -3.32. The third-order valence-corrected chi connectivity index (χ3v) is 6.44. The van der Waals surface area contributed by atoms with Gasteiger partial charge in [-0.25, -0.2) is 13.4 Å². The Balaban J connectivity index is 1.70. The molecule has 3 rings (SSSR count). The van der Waals surface area contributed by atoms with Crippen molar-refractivity contribution in [1.29, 1.82) is 0 Å². The number of para-hydroxylation sites is 1. The molecule has 1 aromatic heterocycles. The Hall–Kier alpha value is -1.98. The summed E-state index contributed by atoms with van der Waals surface area (Å²) in [5, 5.41) is 0. The third-order valence-electron chi connectivity index (χ3n) is 3.20. The monoisotopic (exact) mass is 329 g/mol. The number of benzene rings is 2. The first-order chi connectivity index (χ1) is 10.6. The number of hydrogen-bond donors (Lipinski definition) is 0. The summed E-state index contributed by atoms with van der Waals surface area (Å²) in [4.78, 5) is 4.23. The van der Waals surface area contributed by atoms with Gasteiger partial charge >= 0.3 is 0 Å². The molecule has 0 unspecified atom stereocenters. The Bertz CT molecular complexity index is 864. The lowest BCUT2D eigenvalue weighted by atomic mass is 10.2. The van der Waals surface area contributed by atoms with Gasteiger partial charge in [0.25, 0.3) is 0 Å². The zero-order valence-electron chi connectivity index (χ0n) is 11.8. The minimum atomic E-state index is -3.32. The van der Waals surface area contributed by atoms with E-state index in [4.69, 9.17) is 0 Å². The number of fused-ring (bicyclic) bond motifs is 1. The van der Waals surface area contributed by atoms with Crippen molar-refractivity contribution < 1.29 is 8.42 Å². The molecule has 0 amide bonds. The summed E-state index contributed by atoms with van der Waals surface area (Å²) in [5.74, 6) is 0.0795. The summed E-state index contributed by atoms with van der Waals surface area (Å²) in [6.07, 6.45) is 4.31. The van der Waals surface area contributed by atoms with Crippen LogP contribution in [0.3, 0.4) is 0 Å². The molecule has 0 fully saturated rings. The minimum Gasteiger partial charge on any atom is -0.225 e. The molecular formula is C17H15NO2S2. The zero-order chi connectivity index (χ0) is 15.4.